The predicted octanol–water partition coefficient (Wildman–Crippen LogP) is 4.83. The van der Waals surface area contributed by atoms with Crippen molar-refractivity contribution in [2.75, 3.05) is 5.32 Å². The molecule has 0 bridgehead atoms. The molecule has 0 aliphatic heterocycles. The molecule has 0 saturated heterocycles. The molecule has 0 unspecified atom stereocenters. The number of carboxylic acids is 1. The quantitative estimate of drug-likeness (QED) is 0.775. The fourth-order valence-electron chi connectivity index (χ4n) is 1.87. The van der Waals surface area contributed by atoms with Crippen LogP contribution in [0.4, 0.5) is 5.69 Å². The van der Waals surface area contributed by atoms with E-state index in [4.69, 9.17) is 5.11 Å². The maximum atomic E-state index is 10.9. The molecule has 0 atom stereocenters. The second-order valence-electron chi connectivity index (χ2n) is 4.46. The molecule has 3 nitrogen and oxygen atoms in total. The summed E-state index contributed by atoms with van der Waals surface area (Å²) >= 11 is 7.05. The number of halogens is 2. The summed E-state index contributed by atoms with van der Waals surface area (Å²) in [5, 5.41) is 12.3. The fraction of sp³-hybridized carbons (Fsp3) is 0.133. The first-order valence-corrected chi connectivity index (χ1v) is 7.57. The van der Waals surface area contributed by atoms with Crippen LogP contribution in [-0.4, -0.2) is 11.1 Å². The van der Waals surface area contributed by atoms with Gasteiger partial charge in [-0.05, 0) is 74.2 Å². The van der Waals surface area contributed by atoms with E-state index in [9.17, 15) is 4.79 Å². The van der Waals surface area contributed by atoms with Gasteiger partial charge >= 0.3 is 5.97 Å². The van der Waals surface area contributed by atoms with E-state index in [1.54, 1.807) is 18.2 Å². The molecular formula is C15H13Br2NO2. The van der Waals surface area contributed by atoms with Gasteiger partial charge in [0.05, 0.1) is 11.3 Å². The van der Waals surface area contributed by atoms with Gasteiger partial charge in [0.2, 0.25) is 0 Å². The minimum atomic E-state index is -0.912. The Hall–Kier alpha value is -1.33. The van der Waals surface area contributed by atoms with Crippen molar-refractivity contribution < 1.29 is 9.90 Å². The molecular weight excluding hydrogens is 386 g/mol. The van der Waals surface area contributed by atoms with Gasteiger partial charge in [0.25, 0.3) is 0 Å². The van der Waals surface area contributed by atoms with E-state index in [2.05, 4.69) is 37.2 Å². The Morgan fingerprint density at radius 2 is 1.85 bits per heavy atom. The molecule has 104 valence electrons. The zero-order valence-corrected chi connectivity index (χ0v) is 14.0. The summed E-state index contributed by atoms with van der Waals surface area (Å²) < 4.78 is 1.94. The maximum Gasteiger partial charge on any atom is 0.335 e. The molecule has 0 aromatic heterocycles. The number of hydrogen-bond donors (Lipinski definition) is 2. The summed E-state index contributed by atoms with van der Waals surface area (Å²) in [6.07, 6.45) is 0. The maximum absolute atomic E-state index is 10.9. The van der Waals surface area contributed by atoms with Crippen LogP contribution in [0, 0.1) is 6.92 Å². The van der Waals surface area contributed by atoms with Crippen LogP contribution in [0.2, 0.25) is 0 Å². The minimum Gasteiger partial charge on any atom is -0.478 e. The molecule has 0 spiro atoms. The van der Waals surface area contributed by atoms with Crippen LogP contribution in [-0.2, 0) is 6.54 Å². The molecule has 0 amide bonds. The second-order valence-corrected chi connectivity index (χ2v) is 6.17. The second kappa shape index (κ2) is 6.41. The molecule has 0 radical (unpaired) electrons. The van der Waals surface area contributed by atoms with Crippen LogP contribution in [0.3, 0.4) is 0 Å². The van der Waals surface area contributed by atoms with Crippen molar-refractivity contribution in [3.05, 3.63) is 62.0 Å². The number of aromatic carboxylic acids is 1. The summed E-state index contributed by atoms with van der Waals surface area (Å²) in [5.74, 6) is -0.912. The van der Waals surface area contributed by atoms with E-state index >= 15 is 0 Å². The third-order valence-corrected chi connectivity index (χ3v) is 4.08. The van der Waals surface area contributed by atoms with E-state index in [-0.39, 0.29) is 0 Å². The van der Waals surface area contributed by atoms with Gasteiger partial charge < -0.3 is 10.4 Å². The van der Waals surface area contributed by atoms with E-state index < -0.39 is 5.97 Å². The van der Waals surface area contributed by atoms with Crippen LogP contribution in [0.25, 0.3) is 0 Å². The lowest BCUT2D eigenvalue weighted by Gasteiger charge is -2.12. The van der Waals surface area contributed by atoms with Crippen molar-refractivity contribution in [3.63, 3.8) is 0 Å². The van der Waals surface area contributed by atoms with Crippen LogP contribution in [0.15, 0.2) is 45.3 Å². The Kier molecular flexibility index (Phi) is 4.83. The summed E-state index contributed by atoms with van der Waals surface area (Å²) in [6.45, 7) is 2.58. The molecule has 0 heterocycles. The third-order valence-electron chi connectivity index (χ3n) is 2.83. The SMILES string of the molecule is Cc1cc(Br)c(NCc2cccc(C(=O)O)c2)c(Br)c1. The Labute approximate surface area is 134 Å². The zero-order chi connectivity index (χ0) is 14.7. The first-order valence-electron chi connectivity index (χ1n) is 5.99. The van der Waals surface area contributed by atoms with Crippen molar-refractivity contribution in [3.8, 4) is 0 Å². The fourth-order valence-corrected chi connectivity index (χ4v) is 3.57. The Bertz CT molecular complexity index is 633. The summed E-state index contributed by atoms with van der Waals surface area (Å²) in [5.41, 5.74) is 3.33. The zero-order valence-electron chi connectivity index (χ0n) is 10.8. The van der Waals surface area contributed by atoms with E-state index in [0.29, 0.717) is 12.1 Å². The lowest BCUT2D eigenvalue weighted by atomic mass is 10.1. The van der Waals surface area contributed by atoms with Crippen LogP contribution < -0.4 is 5.32 Å². The van der Waals surface area contributed by atoms with E-state index in [1.165, 1.54) is 0 Å². The molecule has 0 saturated carbocycles. The highest BCUT2D eigenvalue weighted by molar-refractivity contribution is 9.11. The lowest BCUT2D eigenvalue weighted by molar-refractivity contribution is 0.0697. The minimum absolute atomic E-state index is 0.298. The van der Waals surface area contributed by atoms with Gasteiger partial charge in [-0.3, -0.25) is 0 Å². The van der Waals surface area contributed by atoms with Gasteiger partial charge in [-0.25, -0.2) is 4.79 Å². The summed E-state index contributed by atoms with van der Waals surface area (Å²) in [4.78, 5) is 10.9. The number of carboxylic acid groups (broad SMARTS) is 1. The average molecular weight is 399 g/mol. The van der Waals surface area contributed by atoms with Crippen LogP contribution in [0.5, 0.6) is 0 Å². The predicted molar refractivity (Wildman–Crippen MR) is 87.3 cm³/mol. The van der Waals surface area contributed by atoms with E-state index in [0.717, 1.165) is 25.8 Å². The molecule has 0 aliphatic carbocycles. The number of rotatable bonds is 4. The number of nitrogens with one attached hydrogen (secondary N) is 1. The van der Waals surface area contributed by atoms with Crippen molar-refractivity contribution in [2.24, 2.45) is 0 Å². The normalized spacial score (nSPS) is 10.3. The largest absolute Gasteiger partial charge is 0.478 e. The van der Waals surface area contributed by atoms with Gasteiger partial charge in [-0.15, -0.1) is 0 Å². The molecule has 2 rings (SSSR count). The first-order chi connectivity index (χ1) is 9.47. The number of aryl methyl sites for hydroxylation is 1. The van der Waals surface area contributed by atoms with Gasteiger partial charge in [-0.2, -0.15) is 0 Å². The topological polar surface area (TPSA) is 49.3 Å². The first kappa shape index (κ1) is 15.1. The average Bonchev–Trinajstić information content (AvgIpc) is 2.37. The third kappa shape index (κ3) is 3.61. The highest BCUT2D eigenvalue weighted by Crippen LogP contribution is 2.32. The monoisotopic (exact) mass is 397 g/mol. The molecule has 5 heteroatoms. The van der Waals surface area contributed by atoms with Gasteiger partial charge in [0.1, 0.15) is 0 Å². The summed E-state index contributed by atoms with van der Waals surface area (Å²) in [6, 6.07) is 11.0. The van der Waals surface area contributed by atoms with Crippen molar-refractivity contribution in [1.29, 1.82) is 0 Å². The molecule has 0 aliphatic rings. The Morgan fingerprint density at radius 1 is 1.20 bits per heavy atom. The Morgan fingerprint density at radius 3 is 2.45 bits per heavy atom. The van der Waals surface area contributed by atoms with Crippen molar-refractivity contribution in [2.45, 2.75) is 13.5 Å². The van der Waals surface area contributed by atoms with Crippen molar-refractivity contribution in [1.82, 2.24) is 0 Å². The standard InChI is InChI=1S/C15H13Br2NO2/c1-9-5-12(16)14(13(17)6-9)18-8-10-3-2-4-11(7-10)15(19)20/h2-7,18H,8H2,1H3,(H,19,20). The lowest BCUT2D eigenvalue weighted by Crippen LogP contribution is -2.03. The summed E-state index contributed by atoms with van der Waals surface area (Å²) in [7, 11) is 0. The highest BCUT2D eigenvalue weighted by Gasteiger charge is 2.07. The number of carbonyl (C=O) groups is 1. The van der Waals surface area contributed by atoms with Gasteiger partial charge in [-0.1, -0.05) is 12.1 Å². The molecule has 20 heavy (non-hydrogen) atoms. The highest BCUT2D eigenvalue weighted by atomic mass is 79.9. The van der Waals surface area contributed by atoms with Crippen LogP contribution >= 0.6 is 31.9 Å². The van der Waals surface area contributed by atoms with Gasteiger partial charge in [0.15, 0.2) is 0 Å². The smallest absolute Gasteiger partial charge is 0.335 e. The molecule has 2 aromatic rings. The number of benzene rings is 2. The molecule has 2 aromatic carbocycles. The Balaban J connectivity index is 2.17. The molecule has 2 N–H and O–H groups in total. The van der Waals surface area contributed by atoms with Gasteiger partial charge in [0, 0.05) is 15.5 Å². The molecule has 0 fully saturated rings. The van der Waals surface area contributed by atoms with Crippen molar-refractivity contribution >= 4 is 43.5 Å². The number of anilines is 1. The number of hydrogen-bond acceptors (Lipinski definition) is 2. The van der Waals surface area contributed by atoms with Crippen LogP contribution in [0.1, 0.15) is 21.5 Å². The van der Waals surface area contributed by atoms with E-state index in [1.807, 2.05) is 25.1 Å².